The fourth-order valence-electron chi connectivity index (χ4n) is 8.93. The van der Waals surface area contributed by atoms with Crippen molar-refractivity contribution in [1.82, 2.24) is 0 Å². The average molecular weight is 1040 g/mol. The molecular formula is C51H74KN4O12S2+. The predicted octanol–water partition coefficient (Wildman–Crippen LogP) is 6.15. The maximum absolute atomic E-state index is 11.6. The predicted molar refractivity (Wildman–Crippen MR) is 267 cm³/mol. The van der Waals surface area contributed by atoms with Gasteiger partial charge in [-0.3, -0.25) is 20.4 Å². The van der Waals surface area contributed by atoms with Crippen LogP contribution in [0, 0.1) is 13.0 Å². The molecule has 3 aliphatic rings. The molecule has 70 heavy (non-hydrogen) atoms. The third-order valence-electron chi connectivity index (χ3n) is 12.5. The fourth-order valence-corrected chi connectivity index (χ4v) is 8.93. The summed E-state index contributed by atoms with van der Waals surface area (Å²) in [5.41, 5.74) is 12.6. The Morgan fingerprint density at radius 3 is 1.86 bits per heavy atom. The van der Waals surface area contributed by atoms with Gasteiger partial charge < -0.3 is 24.4 Å². The molecule has 382 valence electrons. The van der Waals surface area contributed by atoms with Crippen molar-refractivity contribution in [2.45, 2.75) is 169 Å². The Kier molecular flexibility index (Phi) is 31.3. The second kappa shape index (κ2) is 34.0. The molecule has 0 saturated carbocycles. The van der Waals surface area contributed by atoms with Gasteiger partial charge >= 0.3 is 84.5 Å². The molecule has 0 radical (unpaired) electrons. The molecule has 5 unspecified atom stereocenters. The van der Waals surface area contributed by atoms with E-state index in [2.05, 4.69) is 86.9 Å². The molecule has 0 aromatic heterocycles. The molecule has 0 amide bonds. The molecule has 3 N–H and O–H groups in total. The van der Waals surface area contributed by atoms with E-state index in [1.165, 1.54) is 33.8 Å². The Morgan fingerprint density at radius 2 is 1.34 bits per heavy atom. The number of para-hydroxylation sites is 1. The number of benzene rings is 3. The van der Waals surface area contributed by atoms with Crippen LogP contribution in [0.25, 0.3) is 0 Å². The summed E-state index contributed by atoms with van der Waals surface area (Å²) in [6.07, 6.45) is 11.2. The number of nitrogen functional groups attached to an aromatic ring is 1. The molecule has 0 spiro atoms. The second-order valence-electron chi connectivity index (χ2n) is 17.4. The molecule has 0 bridgehead atoms. The van der Waals surface area contributed by atoms with Gasteiger partial charge in [-0.05, 0) is 103 Å². The zero-order chi connectivity index (χ0) is 51.6. The van der Waals surface area contributed by atoms with E-state index in [1.807, 2.05) is 63.2 Å². The van der Waals surface area contributed by atoms with Crippen LogP contribution in [-0.4, -0.2) is 91.4 Å². The standard InChI is InChI=1S/C27H42NO4.C18H24NO2.C6H8N2.K.2O3S/c1-7-30-25(29)12-10-9-11-15-27(6)21(5)28(24-14-13-19(3)16-23(24)27)22-17-20(4)32-26(18-22)31-8-2;1-4-21-17(20)12-6-5-9-13-18(3)14(2)19-16-11-8-7-10-15(16)18;7-8-6-4-2-1-3-5-6;;2*1-4(2)3/h13-14,16,20,22,26H,7-12,15,17-18H2,1-6H3;8,10-11H,4-6,9,12-13H2,1-3H3;1-5,8H,7H2;;;/q+1;-1;;+1;;. The van der Waals surface area contributed by atoms with Gasteiger partial charge in [0.15, 0.2) is 18.0 Å². The molecule has 1 fully saturated rings. The number of aryl methyl sites for hydroxylation is 1. The number of unbranched alkanes of at least 4 members (excludes halogenated alkanes) is 4. The van der Waals surface area contributed by atoms with E-state index in [9.17, 15) is 9.59 Å². The Morgan fingerprint density at radius 1 is 0.786 bits per heavy atom. The number of esters is 2. The number of carbonyl (C=O) groups excluding carboxylic acids is 2. The van der Waals surface area contributed by atoms with Crippen molar-refractivity contribution in [2.75, 3.05) is 25.2 Å². The first-order valence-corrected chi connectivity index (χ1v) is 25.7. The van der Waals surface area contributed by atoms with Crippen molar-refractivity contribution in [3.63, 3.8) is 0 Å². The van der Waals surface area contributed by atoms with Crippen LogP contribution in [0.5, 0.6) is 0 Å². The number of rotatable bonds is 18. The van der Waals surface area contributed by atoms with Crippen LogP contribution in [0.15, 0.2) is 71.7 Å². The zero-order valence-electron chi connectivity index (χ0n) is 42.9. The van der Waals surface area contributed by atoms with Crippen molar-refractivity contribution >= 4 is 61.6 Å². The number of fused-ring (bicyclic) bond motifs is 2. The van der Waals surface area contributed by atoms with E-state index in [0.717, 1.165) is 75.6 Å². The molecular weight excluding hydrogens is 964 g/mol. The van der Waals surface area contributed by atoms with Crippen LogP contribution in [-0.2, 0) is 60.6 Å². The molecule has 0 aliphatic carbocycles. The third-order valence-corrected chi connectivity index (χ3v) is 12.5. The number of ether oxygens (including phenoxy) is 4. The maximum Gasteiger partial charge on any atom is 1.00 e. The number of aliphatic imine (C=N–C) groups is 1. The van der Waals surface area contributed by atoms with E-state index < -0.39 is 21.2 Å². The summed E-state index contributed by atoms with van der Waals surface area (Å²) >= 11 is 0. The van der Waals surface area contributed by atoms with Gasteiger partial charge in [0, 0.05) is 55.8 Å². The molecule has 6 rings (SSSR count). The van der Waals surface area contributed by atoms with E-state index >= 15 is 0 Å². The van der Waals surface area contributed by atoms with Gasteiger partial charge in [0.05, 0.1) is 31.2 Å². The smallest absolute Gasteiger partial charge is 0.466 e. The molecule has 5 atom stereocenters. The maximum atomic E-state index is 11.6. The van der Waals surface area contributed by atoms with Crippen LogP contribution >= 0.6 is 0 Å². The van der Waals surface area contributed by atoms with Gasteiger partial charge in [-0.2, -0.15) is 22.8 Å². The SMILES string of the molecule is CCOC(=O)CCCCCC1(C)C(C)=Nc2cc[c-]cc21.CCOC(=O)CCCCCC1(C)C(C)=[N+](C2CC(C)OC(OCC)C2)c2ccc(C)cc21.NNc1ccccc1.O=S(=O)=O.O=S(=O)=O.[K+]. The topological polar surface area (TPSA) is 227 Å². The summed E-state index contributed by atoms with van der Waals surface area (Å²) in [6, 6.07) is 26.1. The molecule has 1 saturated heterocycles. The van der Waals surface area contributed by atoms with Crippen molar-refractivity contribution in [3.8, 4) is 0 Å². The van der Waals surface area contributed by atoms with E-state index in [4.69, 9.17) is 50.0 Å². The van der Waals surface area contributed by atoms with Gasteiger partial charge in [-0.15, -0.1) is 36.9 Å². The van der Waals surface area contributed by atoms with Gasteiger partial charge in [0.2, 0.25) is 5.69 Å². The minimum Gasteiger partial charge on any atom is -0.466 e. The first-order valence-electron chi connectivity index (χ1n) is 23.7. The summed E-state index contributed by atoms with van der Waals surface area (Å²) in [6.45, 7) is 20.8. The number of hydrogen-bond acceptors (Lipinski definition) is 15. The summed E-state index contributed by atoms with van der Waals surface area (Å²) in [5.74, 6) is 4.94. The Balaban J connectivity index is 0.000000547. The molecule has 3 aromatic rings. The summed E-state index contributed by atoms with van der Waals surface area (Å²) < 4.78 is 75.2. The Labute approximate surface area is 461 Å². The second-order valence-corrected chi connectivity index (χ2v) is 18.2. The van der Waals surface area contributed by atoms with Crippen molar-refractivity contribution in [1.29, 1.82) is 0 Å². The molecule has 3 heterocycles. The minimum absolute atomic E-state index is 0. The summed E-state index contributed by atoms with van der Waals surface area (Å²) in [5, 5.41) is 0. The van der Waals surface area contributed by atoms with Crippen LogP contribution < -0.4 is 62.7 Å². The van der Waals surface area contributed by atoms with Crippen LogP contribution in [0.2, 0.25) is 0 Å². The number of nitrogens with zero attached hydrogens (tertiary/aromatic N) is 2. The number of hydrogen-bond donors (Lipinski definition) is 2. The monoisotopic (exact) mass is 1040 g/mol. The number of anilines is 1. The zero-order valence-corrected chi connectivity index (χ0v) is 47.6. The molecule has 16 nitrogen and oxygen atoms in total. The van der Waals surface area contributed by atoms with Gasteiger partial charge in [-0.1, -0.05) is 62.4 Å². The summed E-state index contributed by atoms with van der Waals surface area (Å²) in [4.78, 5) is 27.6. The largest absolute Gasteiger partial charge is 1.00 e. The van der Waals surface area contributed by atoms with Crippen LogP contribution in [0.3, 0.4) is 0 Å². The fraction of sp³-hybridized carbons (Fsp3) is 0.569. The van der Waals surface area contributed by atoms with Crippen molar-refractivity contribution < 1.29 is 110 Å². The minimum atomic E-state index is -3.11. The van der Waals surface area contributed by atoms with E-state index in [0.29, 0.717) is 38.7 Å². The van der Waals surface area contributed by atoms with Gasteiger partial charge in [0.25, 0.3) is 0 Å². The van der Waals surface area contributed by atoms with Crippen molar-refractivity contribution in [2.24, 2.45) is 10.8 Å². The quantitative estimate of drug-likeness (QED) is 0.0277. The summed E-state index contributed by atoms with van der Waals surface area (Å²) in [7, 11) is -6.22. The molecule has 19 heteroatoms. The van der Waals surface area contributed by atoms with Gasteiger partial charge in [0.1, 0.15) is 0 Å². The first-order chi connectivity index (χ1) is 32.8. The Hall–Kier alpha value is -3.50. The molecule has 3 aliphatic heterocycles. The number of nitrogens with two attached hydrogens (primary N) is 1. The molecule has 3 aromatic carbocycles. The first kappa shape index (κ1) is 64.5. The number of hydrazine groups is 1. The number of carbonyl (C=O) groups is 2. The van der Waals surface area contributed by atoms with Gasteiger partial charge in [-0.25, -0.2) is 0 Å². The van der Waals surface area contributed by atoms with Crippen LogP contribution in [0.1, 0.15) is 149 Å². The average Bonchev–Trinajstić information content (AvgIpc) is 3.67. The Bertz CT molecular complexity index is 2350. The van der Waals surface area contributed by atoms with Crippen molar-refractivity contribution in [3.05, 3.63) is 89.5 Å². The van der Waals surface area contributed by atoms with Crippen LogP contribution in [0.4, 0.5) is 17.1 Å². The third kappa shape index (κ3) is 21.7. The van der Waals surface area contributed by atoms with E-state index in [1.54, 1.807) is 0 Å². The normalized spacial score (nSPS) is 20.3. The van der Waals surface area contributed by atoms with E-state index in [-0.39, 0.29) is 86.5 Å². The number of nitrogens with one attached hydrogen (secondary N) is 1.